The van der Waals surface area contributed by atoms with Crippen LogP contribution in [0.15, 0.2) is 24.5 Å². The van der Waals surface area contributed by atoms with Crippen LogP contribution in [0.25, 0.3) is 0 Å². The molecule has 0 unspecified atom stereocenters. The topological polar surface area (TPSA) is 29.9 Å². The molecule has 0 saturated heterocycles. The highest BCUT2D eigenvalue weighted by Crippen LogP contribution is 2.27. The fraction of sp³-hybridized carbons (Fsp3) is 0.250. The standard InChI is InChI=1S/C12H12Cl2FN3/c1-2-18-7-8(6-17-18)5-16-9-3-10(13)12(15)11(14)4-9/h3-4,6-7,16H,2,5H2,1H3. The summed E-state index contributed by atoms with van der Waals surface area (Å²) in [5, 5.41) is 7.30. The van der Waals surface area contributed by atoms with Crippen LogP contribution in [0.4, 0.5) is 10.1 Å². The Bertz CT molecular complexity index is 531. The monoisotopic (exact) mass is 287 g/mol. The molecule has 0 aliphatic rings. The third kappa shape index (κ3) is 2.94. The number of benzene rings is 1. The summed E-state index contributed by atoms with van der Waals surface area (Å²) in [7, 11) is 0. The maximum atomic E-state index is 13.2. The van der Waals surface area contributed by atoms with Crippen molar-refractivity contribution in [2.24, 2.45) is 0 Å². The highest BCUT2D eigenvalue weighted by molar-refractivity contribution is 6.35. The molecule has 2 aromatic rings. The van der Waals surface area contributed by atoms with E-state index < -0.39 is 5.82 Å². The minimum Gasteiger partial charge on any atom is -0.381 e. The molecule has 1 aromatic heterocycles. The van der Waals surface area contributed by atoms with E-state index in [0.717, 1.165) is 12.1 Å². The van der Waals surface area contributed by atoms with Crippen molar-refractivity contribution in [1.82, 2.24) is 9.78 Å². The third-order valence-electron chi connectivity index (χ3n) is 2.49. The number of halogens is 3. The van der Waals surface area contributed by atoms with Crippen LogP contribution < -0.4 is 5.32 Å². The van der Waals surface area contributed by atoms with E-state index in [9.17, 15) is 4.39 Å². The number of hydrogen-bond acceptors (Lipinski definition) is 2. The molecule has 0 bridgehead atoms. The zero-order valence-electron chi connectivity index (χ0n) is 9.75. The van der Waals surface area contributed by atoms with Crippen LogP contribution in [0.3, 0.4) is 0 Å². The van der Waals surface area contributed by atoms with Crippen molar-refractivity contribution < 1.29 is 4.39 Å². The zero-order chi connectivity index (χ0) is 13.1. The molecule has 18 heavy (non-hydrogen) atoms. The van der Waals surface area contributed by atoms with Gasteiger partial charge in [-0.15, -0.1) is 0 Å². The lowest BCUT2D eigenvalue weighted by molar-refractivity contribution is 0.629. The second-order valence-electron chi connectivity index (χ2n) is 3.81. The molecule has 0 saturated carbocycles. The molecule has 1 N–H and O–H groups in total. The summed E-state index contributed by atoms with van der Waals surface area (Å²) >= 11 is 11.4. The van der Waals surface area contributed by atoms with Gasteiger partial charge in [-0.25, -0.2) is 4.39 Å². The van der Waals surface area contributed by atoms with E-state index >= 15 is 0 Å². The zero-order valence-corrected chi connectivity index (χ0v) is 11.3. The van der Waals surface area contributed by atoms with Crippen LogP contribution in [0, 0.1) is 5.82 Å². The van der Waals surface area contributed by atoms with E-state index in [1.165, 1.54) is 12.1 Å². The number of rotatable bonds is 4. The van der Waals surface area contributed by atoms with Crippen LogP contribution in [-0.4, -0.2) is 9.78 Å². The van der Waals surface area contributed by atoms with Gasteiger partial charge in [-0.3, -0.25) is 4.68 Å². The Balaban J connectivity index is 2.06. The minimum absolute atomic E-state index is 0.00857. The quantitative estimate of drug-likeness (QED) is 0.863. The van der Waals surface area contributed by atoms with E-state index in [4.69, 9.17) is 23.2 Å². The average molecular weight is 288 g/mol. The van der Waals surface area contributed by atoms with Crippen molar-refractivity contribution in [3.63, 3.8) is 0 Å². The number of anilines is 1. The first kappa shape index (κ1) is 13.2. The number of aromatic nitrogens is 2. The van der Waals surface area contributed by atoms with Crippen molar-refractivity contribution in [3.05, 3.63) is 46.0 Å². The molecular weight excluding hydrogens is 276 g/mol. The number of nitrogens with one attached hydrogen (secondary N) is 1. The average Bonchev–Trinajstić information content (AvgIpc) is 2.81. The molecule has 0 radical (unpaired) electrons. The van der Waals surface area contributed by atoms with Gasteiger partial charge in [0.25, 0.3) is 0 Å². The van der Waals surface area contributed by atoms with Crippen molar-refractivity contribution in [1.29, 1.82) is 0 Å². The first-order chi connectivity index (χ1) is 8.60. The number of aryl methyl sites for hydroxylation is 1. The molecule has 96 valence electrons. The molecule has 0 atom stereocenters. The van der Waals surface area contributed by atoms with Crippen LogP contribution >= 0.6 is 23.2 Å². The van der Waals surface area contributed by atoms with Gasteiger partial charge in [0.1, 0.15) is 0 Å². The predicted molar refractivity (Wildman–Crippen MR) is 71.6 cm³/mol. The maximum Gasteiger partial charge on any atom is 0.160 e. The summed E-state index contributed by atoms with van der Waals surface area (Å²) in [4.78, 5) is 0. The van der Waals surface area contributed by atoms with Gasteiger partial charge in [0.2, 0.25) is 0 Å². The van der Waals surface area contributed by atoms with Crippen molar-refractivity contribution in [2.75, 3.05) is 5.32 Å². The minimum atomic E-state index is -0.595. The molecule has 0 fully saturated rings. The van der Waals surface area contributed by atoms with E-state index in [0.29, 0.717) is 12.2 Å². The third-order valence-corrected chi connectivity index (χ3v) is 3.04. The molecule has 3 nitrogen and oxygen atoms in total. The lowest BCUT2D eigenvalue weighted by Crippen LogP contribution is -1.99. The second kappa shape index (κ2) is 5.59. The largest absolute Gasteiger partial charge is 0.381 e. The second-order valence-corrected chi connectivity index (χ2v) is 4.63. The summed E-state index contributed by atoms with van der Waals surface area (Å²) in [5.41, 5.74) is 1.71. The first-order valence-electron chi connectivity index (χ1n) is 5.50. The molecular formula is C12H12Cl2FN3. The van der Waals surface area contributed by atoms with Gasteiger partial charge in [0.05, 0.1) is 16.2 Å². The van der Waals surface area contributed by atoms with Crippen LogP contribution in [0.2, 0.25) is 10.0 Å². The Hall–Kier alpha value is -1.26. The van der Waals surface area contributed by atoms with Gasteiger partial charge >= 0.3 is 0 Å². The van der Waals surface area contributed by atoms with E-state index in [2.05, 4.69) is 10.4 Å². The molecule has 6 heteroatoms. The number of hydrogen-bond donors (Lipinski definition) is 1. The van der Waals surface area contributed by atoms with Crippen molar-refractivity contribution in [2.45, 2.75) is 20.0 Å². The Morgan fingerprint density at radius 3 is 2.56 bits per heavy atom. The smallest absolute Gasteiger partial charge is 0.160 e. The highest BCUT2D eigenvalue weighted by Gasteiger charge is 2.07. The maximum absolute atomic E-state index is 13.2. The van der Waals surface area contributed by atoms with Crippen LogP contribution in [-0.2, 0) is 13.1 Å². The van der Waals surface area contributed by atoms with Gasteiger partial charge in [-0.2, -0.15) is 5.10 Å². The van der Waals surface area contributed by atoms with Gasteiger partial charge in [-0.1, -0.05) is 23.2 Å². The number of nitrogens with zero attached hydrogens (tertiary/aromatic N) is 2. The molecule has 0 aliphatic carbocycles. The normalized spacial score (nSPS) is 10.7. The molecule has 0 amide bonds. The fourth-order valence-corrected chi connectivity index (χ4v) is 2.02. The molecule has 0 aliphatic heterocycles. The van der Waals surface area contributed by atoms with Crippen molar-refractivity contribution in [3.8, 4) is 0 Å². The molecule has 2 rings (SSSR count). The lowest BCUT2D eigenvalue weighted by atomic mass is 10.3. The summed E-state index contributed by atoms with van der Waals surface area (Å²) in [6, 6.07) is 3.01. The summed E-state index contributed by atoms with van der Waals surface area (Å²) in [5.74, 6) is -0.595. The molecule has 0 spiro atoms. The van der Waals surface area contributed by atoms with E-state index in [-0.39, 0.29) is 10.0 Å². The summed E-state index contributed by atoms with van der Waals surface area (Å²) in [6.07, 6.45) is 3.73. The fourth-order valence-electron chi connectivity index (χ4n) is 1.53. The van der Waals surface area contributed by atoms with E-state index in [1.54, 1.807) is 6.20 Å². The Labute approximate surface area is 115 Å². The van der Waals surface area contributed by atoms with Gasteiger partial charge < -0.3 is 5.32 Å². The van der Waals surface area contributed by atoms with Gasteiger partial charge in [-0.05, 0) is 19.1 Å². The Morgan fingerprint density at radius 2 is 2.00 bits per heavy atom. The SMILES string of the molecule is CCn1cc(CNc2cc(Cl)c(F)c(Cl)c2)cn1. The summed E-state index contributed by atoms with van der Waals surface area (Å²) < 4.78 is 15.1. The lowest BCUT2D eigenvalue weighted by Gasteiger charge is -2.07. The predicted octanol–water partition coefficient (Wildman–Crippen LogP) is 3.96. The van der Waals surface area contributed by atoms with Gasteiger partial charge in [0, 0.05) is 30.5 Å². The highest BCUT2D eigenvalue weighted by atomic mass is 35.5. The van der Waals surface area contributed by atoms with Gasteiger partial charge in [0.15, 0.2) is 5.82 Å². The Morgan fingerprint density at radius 1 is 1.33 bits per heavy atom. The van der Waals surface area contributed by atoms with E-state index in [1.807, 2.05) is 17.8 Å². The van der Waals surface area contributed by atoms with Crippen LogP contribution in [0.1, 0.15) is 12.5 Å². The van der Waals surface area contributed by atoms with Crippen molar-refractivity contribution >= 4 is 28.9 Å². The molecule has 1 heterocycles. The molecule has 1 aromatic carbocycles. The van der Waals surface area contributed by atoms with Crippen LogP contribution in [0.5, 0.6) is 0 Å². The summed E-state index contributed by atoms with van der Waals surface area (Å²) in [6.45, 7) is 3.43. The Kier molecular flexibility index (Phi) is 4.09. The first-order valence-corrected chi connectivity index (χ1v) is 6.25.